The zero-order valence-electron chi connectivity index (χ0n) is 9.23. The molecular weight excluding hydrogens is 208 g/mol. The highest BCUT2D eigenvalue weighted by Crippen LogP contribution is 2.11. The summed E-state index contributed by atoms with van der Waals surface area (Å²) < 4.78 is 4.40. The zero-order chi connectivity index (χ0) is 12.0. The molecule has 2 N–H and O–H groups in total. The molecular formula is C11H14N2O3. The third kappa shape index (κ3) is 3.27. The second-order valence-electron chi connectivity index (χ2n) is 3.06. The molecule has 0 fully saturated rings. The first kappa shape index (κ1) is 12.0. The van der Waals surface area contributed by atoms with Gasteiger partial charge in [0.15, 0.2) is 0 Å². The molecule has 1 amide bonds. The Labute approximate surface area is 93.7 Å². The summed E-state index contributed by atoms with van der Waals surface area (Å²) in [5, 5.41) is 13.1. The van der Waals surface area contributed by atoms with Gasteiger partial charge < -0.3 is 9.84 Å². The van der Waals surface area contributed by atoms with Crippen LogP contribution in [0.1, 0.15) is 18.9 Å². The second kappa shape index (κ2) is 5.75. The number of hydrogen-bond acceptors (Lipinski definition) is 4. The first-order valence-electron chi connectivity index (χ1n) is 4.87. The van der Waals surface area contributed by atoms with Crippen molar-refractivity contribution in [2.75, 3.05) is 7.11 Å². The third-order valence-electron chi connectivity index (χ3n) is 2.00. The Kier molecular flexibility index (Phi) is 4.32. The minimum absolute atomic E-state index is 0.195. The maximum Gasteiger partial charge on any atom is 0.427 e. The summed E-state index contributed by atoms with van der Waals surface area (Å²) in [6, 6.07) is 6.60. The maximum atomic E-state index is 10.8. The van der Waals surface area contributed by atoms with E-state index in [2.05, 4.69) is 15.3 Å². The van der Waals surface area contributed by atoms with Crippen LogP contribution in [0, 0.1) is 0 Å². The Hall–Kier alpha value is -2.04. The molecule has 86 valence electrons. The van der Waals surface area contributed by atoms with Crippen molar-refractivity contribution in [1.29, 1.82) is 0 Å². The van der Waals surface area contributed by atoms with Gasteiger partial charge in [-0.25, -0.2) is 10.2 Å². The van der Waals surface area contributed by atoms with Crippen molar-refractivity contribution < 1.29 is 14.6 Å². The molecule has 1 rings (SSSR count). The molecule has 0 aliphatic rings. The zero-order valence-corrected chi connectivity index (χ0v) is 9.23. The number of aromatic hydroxyl groups is 1. The van der Waals surface area contributed by atoms with Crippen LogP contribution in [0.3, 0.4) is 0 Å². The minimum Gasteiger partial charge on any atom is -0.508 e. The average molecular weight is 222 g/mol. The smallest absolute Gasteiger partial charge is 0.427 e. The molecule has 5 nitrogen and oxygen atoms in total. The molecule has 0 aliphatic heterocycles. The van der Waals surface area contributed by atoms with E-state index in [0.717, 1.165) is 5.56 Å². The third-order valence-corrected chi connectivity index (χ3v) is 2.00. The number of phenolic OH excluding ortho intramolecular Hbond substituents is 1. The van der Waals surface area contributed by atoms with E-state index in [9.17, 15) is 4.79 Å². The summed E-state index contributed by atoms with van der Waals surface area (Å²) in [7, 11) is 1.27. The van der Waals surface area contributed by atoms with Gasteiger partial charge in [-0.2, -0.15) is 5.10 Å². The molecule has 0 saturated carbocycles. The second-order valence-corrected chi connectivity index (χ2v) is 3.06. The summed E-state index contributed by atoms with van der Waals surface area (Å²) in [6.45, 7) is 1.92. The fraction of sp³-hybridized carbons (Fsp3) is 0.273. The first-order chi connectivity index (χ1) is 7.67. The number of hydrazone groups is 1. The highest BCUT2D eigenvalue weighted by Gasteiger charge is 2.02. The van der Waals surface area contributed by atoms with Crippen LogP contribution in [-0.4, -0.2) is 24.0 Å². The monoisotopic (exact) mass is 222 g/mol. The standard InChI is InChI=1S/C11H14N2O3/c1-3-10(12-13-11(15)16-2)8-4-6-9(14)7-5-8/h4-7,14H,3H2,1-2H3,(H,13,15). The van der Waals surface area contributed by atoms with E-state index >= 15 is 0 Å². The maximum absolute atomic E-state index is 10.8. The van der Waals surface area contributed by atoms with Gasteiger partial charge in [0.25, 0.3) is 0 Å². The predicted octanol–water partition coefficient (Wildman–Crippen LogP) is 1.86. The Morgan fingerprint density at radius 3 is 2.56 bits per heavy atom. The van der Waals surface area contributed by atoms with Gasteiger partial charge in [-0.05, 0) is 36.2 Å². The molecule has 0 unspecified atom stereocenters. The number of ether oxygens (including phenoxy) is 1. The quantitative estimate of drug-likeness (QED) is 0.605. The van der Waals surface area contributed by atoms with Crippen molar-refractivity contribution >= 4 is 11.8 Å². The van der Waals surface area contributed by atoms with Gasteiger partial charge in [-0.3, -0.25) is 0 Å². The lowest BCUT2D eigenvalue weighted by molar-refractivity contribution is 0.171. The van der Waals surface area contributed by atoms with E-state index in [1.807, 2.05) is 6.92 Å². The summed E-state index contributed by atoms with van der Waals surface area (Å²) in [4.78, 5) is 10.8. The van der Waals surface area contributed by atoms with Crippen LogP contribution in [0.15, 0.2) is 29.4 Å². The normalized spacial score (nSPS) is 11.0. The van der Waals surface area contributed by atoms with Crippen LogP contribution in [0.4, 0.5) is 4.79 Å². The van der Waals surface area contributed by atoms with E-state index in [4.69, 9.17) is 5.11 Å². The van der Waals surface area contributed by atoms with Crippen molar-refractivity contribution in [3.8, 4) is 5.75 Å². The van der Waals surface area contributed by atoms with Gasteiger partial charge in [0.2, 0.25) is 0 Å². The van der Waals surface area contributed by atoms with Gasteiger partial charge >= 0.3 is 6.09 Å². The van der Waals surface area contributed by atoms with Crippen LogP contribution in [0.5, 0.6) is 5.75 Å². The Balaban J connectivity index is 2.81. The summed E-state index contributed by atoms with van der Waals surface area (Å²) >= 11 is 0. The molecule has 0 aromatic heterocycles. The predicted molar refractivity (Wildman–Crippen MR) is 60.5 cm³/mol. The Morgan fingerprint density at radius 2 is 2.06 bits per heavy atom. The molecule has 1 aromatic carbocycles. The lowest BCUT2D eigenvalue weighted by Gasteiger charge is -2.04. The number of rotatable bonds is 3. The van der Waals surface area contributed by atoms with Gasteiger partial charge in [-0.15, -0.1) is 0 Å². The van der Waals surface area contributed by atoms with Crippen molar-refractivity contribution in [3.05, 3.63) is 29.8 Å². The number of nitrogens with one attached hydrogen (secondary N) is 1. The van der Waals surface area contributed by atoms with Crippen LogP contribution in [0.25, 0.3) is 0 Å². The lowest BCUT2D eigenvalue weighted by atomic mass is 10.1. The van der Waals surface area contributed by atoms with E-state index in [1.165, 1.54) is 7.11 Å². The number of hydrogen-bond donors (Lipinski definition) is 2. The average Bonchev–Trinajstić information content (AvgIpc) is 2.31. The summed E-state index contributed by atoms with van der Waals surface area (Å²) in [6.07, 6.45) is 0.0547. The van der Waals surface area contributed by atoms with Gasteiger partial charge in [0.1, 0.15) is 5.75 Å². The van der Waals surface area contributed by atoms with Gasteiger partial charge in [0.05, 0.1) is 12.8 Å². The number of amides is 1. The van der Waals surface area contributed by atoms with Crippen LogP contribution < -0.4 is 5.43 Å². The highest BCUT2D eigenvalue weighted by atomic mass is 16.5. The number of nitrogens with zero attached hydrogens (tertiary/aromatic N) is 1. The van der Waals surface area contributed by atoms with Crippen LogP contribution >= 0.6 is 0 Å². The number of methoxy groups -OCH3 is 1. The van der Waals surface area contributed by atoms with Crippen LogP contribution in [-0.2, 0) is 4.74 Å². The molecule has 0 radical (unpaired) electrons. The highest BCUT2D eigenvalue weighted by molar-refractivity contribution is 6.00. The van der Waals surface area contributed by atoms with Crippen molar-refractivity contribution in [1.82, 2.24) is 5.43 Å². The van der Waals surface area contributed by atoms with Gasteiger partial charge in [-0.1, -0.05) is 6.92 Å². The first-order valence-corrected chi connectivity index (χ1v) is 4.87. The molecule has 0 bridgehead atoms. The Morgan fingerprint density at radius 1 is 1.44 bits per heavy atom. The molecule has 16 heavy (non-hydrogen) atoms. The number of carbonyl (C=O) groups is 1. The van der Waals surface area contributed by atoms with E-state index < -0.39 is 6.09 Å². The van der Waals surface area contributed by atoms with Crippen LogP contribution in [0.2, 0.25) is 0 Å². The van der Waals surface area contributed by atoms with Gasteiger partial charge in [0, 0.05) is 0 Å². The minimum atomic E-state index is -0.607. The van der Waals surface area contributed by atoms with E-state index in [-0.39, 0.29) is 5.75 Å². The van der Waals surface area contributed by atoms with Crippen molar-refractivity contribution in [2.24, 2.45) is 5.10 Å². The molecule has 0 spiro atoms. The SMILES string of the molecule is CCC(=NNC(=O)OC)c1ccc(O)cc1. The fourth-order valence-electron chi connectivity index (χ4n) is 1.16. The molecule has 1 aromatic rings. The largest absolute Gasteiger partial charge is 0.508 e. The molecule has 0 heterocycles. The lowest BCUT2D eigenvalue weighted by Crippen LogP contribution is -2.19. The number of phenols is 1. The molecule has 0 atom stereocenters. The Bertz CT molecular complexity index is 385. The number of benzene rings is 1. The fourth-order valence-corrected chi connectivity index (χ4v) is 1.16. The van der Waals surface area contributed by atoms with E-state index in [1.54, 1.807) is 24.3 Å². The molecule has 0 aliphatic carbocycles. The molecule has 5 heteroatoms. The topological polar surface area (TPSA) is 70.9 Å². The number of carbonyl (C=O) groups excluding carboxylic acids is 1. The summed E-state index contributed by atoms with van der Waals surface area (Å²) in [5.74, 6) is 0.195. The summed E-state index contributed by atoms with van der Waals surface area (Å²) in [5.41, 5.74) is 3.82. The van der Waals surface area contributed by atoms with E-state index in [0.29, 0.717) is 12.1 Å². The van der Waals surface area contributed by atoms with Crippen molar-refractivity contribution in [2.45, 2.75) is 13.3 Å². The molecule has 0 saturated heterocycles. The van der Waals surface area contributed by atoms with Crippen molar-refractivity contribution in [3.63, 3.8) is 0 Å².